The molecule has 0 atom stereocenters. The molecule has 2 aromatic carbocycles. The Bertz CT molecular complexity index is 701. The molecule has 1 heterocycles. The van der Waals surface area contributed by atoms with Crippen molar-refractivity contribution in [2.24, 2.45) is 7.05 Å². The van der Waals surface area contributed by atoms with Crippen LogP contribution in [0.1, 0.15) is 5.56 Å². The van der Waals surface area contributed by atoms with Crippen LogP contribution < -0.4 is 5.32 Å². The maximum atomic E-state index is 9.24. The van der Waals surface area contributed by atoms with E-state index in [1.54, 1.807) is 12.1 Å². The number of nitrogens with one attached hydrogen (secondary N) is 1. The summed E-state index contributed by atoms with van der Waals surface area (Å²) in [6.07, 6.45) is 0. The van der Waals surface area contributed by atoms with Crippen LogP contribution in [0.15, 0.2) is 48.5 Å². The Labute approximate surface area is 111 Å². The number of para-hydroxylation sites is 2. The highest BCUT2D eigenvalue weighted by Crippen LogP contribution is 2.18. The van der Waals surface area contributed by atoms with Gasteiger partial charge in [0, 0.05) is 13.6 Å². The Kier molecular flexibility index (Phi) is 2.83. The molecule has 0 unspecified atom stereocenters. The number of aromatic nitrogens is 2. The molecule has 0 saturated carbocycles. The largest absolute Gasteiger partial charge is 0.508 e. The van der Waals surface area contributed by atoms with Crippen LogP contribution in [0.2, 0.25) is 0 Å². The van der Waals surface area contributed by atoms with Gasteiger partial charge in [0.1, 0.15) is 5.75 Å². The summed E-state index contributed by atoms with van der Waals surface area (Å²) in [5.41, 5.74) is 3.19. The van der Waals surface area contributed by atoms with Crippen LogP contribution in [0, 0.1) is 0 Å². The van der Waals surface area contributed by atoms with E-state index in [4.69, 9.17) is 0 Å². The van der Waals surface area contributed by atoms with Crippen molar-refractivity contribution in [1.82, 2.24) is 9.55 Å². The first-order chi connectivity index (χ1) is 9.24. The number of nitrogens with zero attached hydrogens (tertiary/aromatic N) is 2. The SMILES string of the molecule is Cn1c(NCc2ccc(O)cc2)nc2ccccc21. The number of hydrogen-bond acceptors (Lipinski definition) is 3. The van der Waals surface area contributed by atoms with Crippen molar-refractivity contribution >= 4 is 17.0 Å². The summed E-state index contributed by atoms with van der Waals surface area (Å²) in [4.78, 5) is 4.55. The molecule has 0 aliphatic heterocycles. The molecule has 0 spiro atoms. The summed E-state index contributed by atoms with van der Waals surface area (Å²) in [5, 5.41) is 12.6. The van der Waals surface area contributed by atoms with Gasteiger partial charge in [0.05, 0.1) is 11.0 Å². The van der Waals surface area contributed by atoms with E-state index >= 15 is 0 Å². The summed E-state index contributed by atoms with van der Waals surface area (Å²) >= 11 is 0. The molecule has 0 saturated heterocycles. The second-order valence-electron chi connectivity index (χ2n) is 4.50. The number of rotatable bonds is 3. The number of fused-ring (bicyclic) bond motifs is 1. The predicted octanol–water partition coefficient (Wildman–Crippen LogP) is 2.89. The highest BCUT2D eigenvalue weighted by atomic mass is 16.3. The average molecular weight is 253 g/mol. The number of imidazole rings is 1. The summed E-state index contributed by atoms with van der Waals surface area (Å²) < 4.78 is 2.04. The standard InChI is InChI=1S/C15H15N3O/c1-18-14-5-3-2-4-13(14)17-15(18)16-10-11-6-8-12(19)9-7-11/h2-9,19H,10H2,1H3,(H,16,17). The first-order valence-electron chi connectivity index (χ1n) is 6.17. The van der Waals surface area contributed by atoms with E-state index < -0.39 is 0 Å². The van der Waals surface area contributed by atoms with Gasteiger partial charge in [0.25, 0.3) is 0 Å². The van der Waals surface area contributed by atoms with Crippen LogP contribution in [0.25, 0.3) is 11.0 Å². The van der Waals surface area contributed by atoms with Crippen LogP contribution in [0.3, 0.4) is 0 Å². The number of aryl methyl sites for hydroxylation is 1. The molecule has 0 fully saturated rings. The van der Waals surface area contributed by atoms with E-state index in [2.05, 4.69) is 10.3 Å². The van der Waals surface area contributed by atoms with E-state index in [-0.39, 0.29) is 5.75 Å². The predicted molar refractivity (Wildman–Crippen MR) is 76.1 cm³/mol. The Balaban J connectivity index is 1.82. The van der Waals surface area contributed by atoms with E-state index in [0.717, 1.165) is 22.5 Å². The topological polar surface area (TPSA) is 50.1 Å². The third kappa shape index (κ3) is 2.25. The first kappa shape index (κ1) is 11.6. The van der Waals surface area contributed by atoms with Crippen molar-refractivity contribution in [3.63, 3.8) is 0 Å². The second kappa shape index (κ2) is 4.65. The van der Waals surface area contributed by atoms with Crippen LogP contribution >= 0.6 is 0 Å². The molecule has 96 valence electrons. The van der Waals surface area contributed by atoms with Gasteiger partial charge in [-0.15, -0.1) is 0 Å². The fourth-order valence-corrected chi connectivity index (χ4v) is 2.10. The van der Waals surface area contributed by atoms with Crippen LogP contribution in [0.4, 0.5) is 5.95 Å². The Morgan fingerprint density at radius 2 is 1.84 bits per heavy atom. The molecule has 2 N–H and O–H groups in total. The molecule has 0 amide bonds. The quantitative estimate of drug-likeness (QED) is 0.754. The summed E-state index contributed by atoms with van der Waals surface area (Å²) in [7, 11) is 1.99. The van der Waals surface area contributed by atoms with Crippen molar-refractivity contribution in [3.8, 4) is 5.75 Å². The number of phenolic OH excluding ortho intramolecular Hbond substituents is 1. The minimum Gasteiger partial charge on any atom is -0.508 e. The smallest absolute Gasteiger partial charge is 0.203 e. The number of hydrogen-bond donors (Lipinski definition) is 2. The van der Waals surface area contributed by atoms with Crippen molar-refractivity contribution in [2.45, 2.75) is 6.54 Å². The van der Waals surface area contributed by atoms with Gasteiger partial charge in [-0.2, -0.15) is 0 Å². The molecule has 0 radical (unpaired) electrons. The molecule has 3 rings (SSSR count). The van der Waals surface area contributed by atoms with Crippen molar-refractivity contribution in [2.75, 3.05) is 5.32 Å². The maximum absolute atomic E-state index is 9.24. The first-order valence-corrected chi connectivity index (χ1v) is 6.17. The average Bonchev–Trinajstić information content (AvgIpc) is 2.76. The van der Waals surface area contributed by atoms with Gasteiger partial charge in [-0.3, -0.25) is 0 Å². The Hall–Kier alpha value is -2.49. The lowest BCUT2D eigenvalue weighted by atomic mass is 10.2. The van der Waals surface area contributed by atoms with E-state index in [1.165, 1.54) is 0 Å². The van der Waals surface area contributed by atoms with E-state index in [0.29, 0.717) is 6.54 Å². The van der Waals surface area contributed by atoms with Crippen molar-refractivity contribution < 1.29 is 5.11 Å². The number of phenols is 1. The number of anilines is 1. The van der Waals surface area contributed by atoms with Gasteiger partial charge in [-0.25, -0.2) is 4.98 Å². The minimum absolute atomic E-state index is 0.284. The highest BCUT2D eigenvalue weighted by Gasteiger charge is 2.06. The van der Waals surface area contributed by atoms with Crippen LogP contribution in [-0.4, -0.2) is 14.7 Å². The lowest BCUT2D eigenvalue weighted by molar-refractivity contribution is 0.475. The Morgan fingerprint density at radius 1 is 1.11 bits per heavy atom. The van der Waals surface area contributed by atoms with E-state index in [9.17, 15) is 5.11 Å². The summed E-state index contributed by atoms with van der Waals surface area (Å²) in [5.74, 6) is 1.13. The number of benzene rings is 2. The third-order valence-electron chi connectivity index (χ3n) is 3.17. The molecule has 0 aliphatic rings. The van der Waals surface area contributed by atoms with Gasteiger partial charge in [0.2, 0.25) is 5.95 Å². The molecule has 4 nitrogen and oxygen atoms in total. The molecule has 1 aromatic heterocycles. The molecular weight excluding hydrogens is 238 g/mol. The normalized spacial score (nSPS) is 10.8. The molecule has 3 aromatic rings. The number of aromatic hydroxyl groups is 1. The fraction of sp³-hybridized carbons (Fsp3) is 0.133. The molecular formula is C15H15N3O. The van der Waals surface area contributed by atoms with Crippen LogP contribution in [-0.2, 0) is 13.6 Å². The molecule has 0 bridgehead atoms. The molecule has 4 heteroatoms. The van der Waals surface area contributed by atoms with Gasteiger partial charge >= 0.3 is 0 Å². The molecule has 19 heavy (non-hydrogen) atoms. The van der Waals surface area contributed by atoms with Gasteiger partial charge in [-0.05, 0) is 29.8 Å². The van der Waals surface area contributed by atoms with Gasteiger partial charge in [0.15, 0.2) is 0 Å². The van der Waals surface area contributed by atoms with Crippen molar-refractivity contribution in [1.29, 1.82) is 0 Å². The lowest BCUT2D eigenvalue weighted by Crippen LogP contribution is -2.04. The zero-order valence-electron chi connectivity index (χ0n) is 10.7. The summed E-state index contributed by atoms with van der Waals surface area (Å²) in [6, 6.07) is 15.2. The van der Waals surface area contributed by atoms with E-state index in [1.807, 2.05) is 48.0 Å². The zero-order chi connectivity index (χ0) is 13.2. The zero-order valence-corrected chi connectivity index (χ0v) is 10.7. The summed E-state index contributed by atoms with van der Waals surface area (Å²) in [6.45, 7) is 0.678. The lowest BCUT2D eigenvalue weighted by Gasteiger charge is -2.06. The highest BCUT2D eigenvalue weighted by molar-refractivity contribution is 5.78. The van der Waals surface area contributed by atoms with Gasteiger partial charge in [-0.1, -0.05) is 24.3 Å². The van der Waals surface area contributed by atoms with Crippen molar-refractivity contribution in [3.05, 3.63) is 54.1 Å². The minimum atomic E-state index is 0.284. The fourth-order valence-electron chi connectivity index (χ4n) is 2.10. The molecule has 0 aliphatic carbocycles. The van der Waals surface area contributed by atoms with Gasteiger partial charge < -0.3 is 15.0 Å². The second-order valence-corrected chi connectivity index (χ2v) is 4.50. The maximum Gasteiger partial charge on any atom is 0.203 e. The Morgan fingerprint density at radius 3 is 2.58 bits per heavy atom. The monoisotopic (exact) mass is 253 g/mol. The third-order valence-corrected chi connectivity index (χ3v) is 3.17. The van der Waals surface area contributed by atoms with Crippen LogP contribution in [0.5, 0.6) is 5.75 Å².